The molecule has 4 aliphatic rings. The second kappa shape index (κ2) is 12.0. The van der Waals surface area contributed by atoms with Gasteiger partial charge >= 0.3 is 277 Å². The van der Waals surface area contributed by atoms with Crippen LogP contribution in [-0.2, 0) is 33.0 Å². The van der Waals surface area contributed by atoms with E-state index < -0.39 is 59.3 Å². The van der Waals surface area contributed by atoms with Crippen molar-refractivity contribution in [2.45, 2.75) is 108 Å². The molecule has 0 N–H and O–H groups in total. The fraction of sp³-hybridized carbons (Fsp3) is 0.618. The summed E-state index contributed by atoms with van der Waals surface area (Å²) in [7, 11) is -6.28. The van der Waals surface area contributed by atoms with Crippen LogP contribution in [0.4, 0.5) is 22.0 Å². The third kappa shape index (κ3) is 6.99. The second-order valence-corrected chi connectivity index (χ2v) is 21.9. The molecule has 0 saturated heterocycles. The molecule has 2 aromatic carbocycles. The van der Waals surface area contributed by atoms with Crippen molar-refractivity contribution in [1.82, 2.24) is 0 Å². The predicted octanol–water partition coefficient (Wildman–Crippen LogP) is 9.37. The molecule has 6 rings (SSSR count). The summed E-state index contributed by atoms with van der Waals surface area (Å²) in [5.41, 5.74) is -0.0751. The molecule has 0 aliphatic heterocycles. The molecular weight excluding hydrogens is 742 g/mol. The standard InChI is InChI=1S/C34H42F5IO5S/c1-30(2,3)24-7-11-26(12-8-24)40(27-13-9-25(10-14-27)31(4,5)6)45-46(42,43)34(38,39)28(33(35,36)37)44-29(41)32-18-21-15-22(19-32)17-23(16-21)20-32/h7-14,21-23,28H,15-20H2,1-6H3. The zero-order chi connectivity index (χ0) is 34.1. The van der Waals surface area contributed by atoms with Crippen molar-refractivity contribution in [3.05, 3.63) is 66.8 Å². The molecule has 0 amide bonds. The molecule has 4 aliphatic carbocycles. The van der Waals surface area contributed by atoms with Crippen molar-refractivity contribution in [3.8, 4) is 0 Å². The first-order valence-corrected chi connectivity index (χ1v) is 20.0. The van der Waals surface area contributed by atoms with Crippen molar-refractivity contribution in [1.29, 1.82) is 0 Å². The Balaban J connectivity index is 1.48. The van der Waals surface area contributed by atoms with Crippen LogP contribution in [0.15, 0.2) is 48.5 Å². The van der Waals surface area contributed by atoms with Crippen molar-refractivity contribution >= 4 is 36.3 Å². The zero-order valence-corrected chi connectivity index (χ0v) is 29.9. The normalized spacial score (nSPS) is 26.2. The van der Waals surface area contributed by atoms with E-state index in [1.54, 1.807) is 48.5 Å². The van der Waals surface area contributed by atoms with E-state index in [1.807, 2.05) is 41.5 Å². The Morgan fingerprint density at radius 3 is 1.43 bits per heavy atom. The van der Waals surface area contributed by atoms with Gasteiger partial charge in [-0.05, 0) is 0 Å². The molecule has 4 bridgehead atoms. The summed E-state index contributed by atoms with van der Waals surface area (Å²) in [5, 5.41) is -5.60. The molecule has 0 aromatic heterocycles. The van der Waals surface area contributed by atoms with Crippen molar-refractivity contribution in [2.75, 3.05) is 0 Å². The van der Waals surface area contributed by atoms with Crippen LogP contribution in [0.25, 0.3) is 0 Å². The Morgan fingerprint density at radius 2 is 1.11 bits per heavy atom. The number of hydrogen-bond acceptors (Lipinski definition) is 5. The fourth-order valence-corrected chi connectivity index (χ4v) is 14.5. The van der Waals surface area contributed by atoms with Crippen molar-refractivity contribution < 1.29 is 42.4 Å². The van der Waals surface area contributed by atoms with Crippen LogP contribution in [0, 0.1) is 30.3 Å². The molecule has 0 radical (unpaired) electrons. The van der Waals surface area contributed by atoms with Gasteiger partial charge in [-0.15, -0.1) is 0 Å². The van der Waals surface area contributed by atoms with Crippen LogP contribution in [0.1, 0.15) is 91.2 Å². The third-order valence-corrected chi connectivity index (χ3v) is 17.0. The molecule has 2 aromatic rings. The molecule has 0 spiro atoms. The Bertz CT molecular complexity index is 1450. The summed E-state index contributed by atoms with van der Waals surface area (Å²) in [6.07, 6.45) is -6.73. The van der Waals surface area contributed by atoms with Gasteiger partial charge in [-0.2, -0.15) is 0 Å². The van der Waals surface area contributed by atoms with Gasteiger partial charge in [0.1, 0.15) is 0 Å². The molecule has 256 valence electrons. The van der Waals surface area contributed by atoms with Crippen LogP contribution in [0.3, 0.4) is 0 Å². The van der Waals surface area contributed by atoms with E-state index in [9.17, 15) is 26.4 Å². The third-order valence-electron chi connectivity index (χ3n) is 9.59. The van der Waals surface area contributed by atoms with Gasteiger partial charge in [-0.25, -0.2) is 0 Å². The Hall–Kier alpha value is -1.80. The maximum atomic E-state index is 15.8. The summed E-state index contributed by atoms with van der Waals surface area (Å²) in [4.78, 5) is 13.3. The van der Waals surface area contributed by atoms with Gasteiger partial charge in [-0.3, -0.25) is 0 Å². The van der Waals surface area contributed by atoms with Crippen LogP contribution < -0.4 is 0 Å². The molecule has 4 saturated carbocycles. The quantitative estimate of drug-likeness (QED) is 0.152. The van der Waals surface area contributed by atoms with E-state index in [2.05, 4.69) is 4.74 Å². The molecule has 1 unspecified atom stereocenters. The van der Waals surface area contributed by atoms with E-state index in [0.717, 1.165) is 30.4 Å². The van der Waals surface area contributed by atoms with Crippen LogP contribution >= 0.6 is 20.2 Å². The van der Waals surface area contributed by atoms with Gasteiger partial charge in [0, 0.05) is 0 Å². The molecular formula is C34H42F5IO5S. The van der Waals surface area contributed by atoms with Crippen molar-refractivity contribution in [2.24, 2.45) is 23.2 Å². The minimum atomic E-state index is -6.28. The topological polar surface area (TPSA) is 69.7 Å². The fourth-order valence-electron chi connectivity index (χ4n) is 7.50. The number of hydrogen-bond donors (Lipinski definition) is 0. The minimum absolute atomic E-state index is 0.123. The van der Waals surface area contributed by atoms with Gasteiger partial charge < -0.3 is 0 Å². The predicted molar refractivity (Wildman–Crippen MR) is 173 cm³/mol. The monoisotopic (exact) mass is 784 g/mol. The Morgan fingerprint density at radius 1 is 0.739 bits per heavy atom. The summed E-state index contributed by atoms with van der Waals surface area (Å²) in [6, 6.07) is 13.2. The zero-order valence-electron chi connectivity index (χ0n) is 26.9. The first-order chi connectivity index (χ1) is 21.0. The summed E-state index contributed by atoms with van der Waals surface area (Å²) >= 11 is -3.82. The summed E-state index contributed by atoms with van der Waals surface area (Å²) < 4.78 is 112. The van der Waals surface area contributed by atoms with E-state index in [4.69, 9.17) is 2.51 Å². The van der Waals surface area contributed by atoms with E-state index in [1.165, 1.54) is 0 Å². The Kier molecular flexibility index (Phi) is 9.23. The summed E-state index contributed by atoms with van der Waals surface area (Å²) in [6.45, 7) is 11.8. The number of rotatable bonds is 8. The molecule has 46 heavy (non-hydrogen) atoms. The molecule has 0 heterocycles. The molecule has 1 atom stereocenters. The molecule has 12 heteroatoms. The number of benzene rings is 2. The number of esters is 1. The van der Waals surface area contributed by atoms with E-state index in [0.29, 0.717) is 7.14 Å². The van der Waals surface area contributed by atoms with E-state index in [-0.39, 0.29) is 47.8 Å². The average molecular weight is 785 g/mol. The van der Waals surface area contributed by atoms with Gasteiger partial charge in [-0.1, -0.05) is 0 Å². The number of carbonyl (C=O) groups is 1. The number of carbonyl (C=O) groups excluding carboxylic acids is 1. The van der Waals surface area contributed by atoms with Gasteiger partial charge in [0.2, 0.25) is 0 Å². The van der Waals surface area contributed by atoms with Gasteiger partial charge in [0.25, 0.3) is 0 Å². The van der Waals surface area contributed by atoms with Crippen LogP contribution in [0.2, 0.25) is 0 Å². The SMILES string of the molecule is CC(C)(C)c1ccc(I(OS(=O)(=O)C(F)(F)C(OC(=O)C23CC4CC(CC(C4)C2)C3)C(F)(F)F)c2ccc(C(C)(C)C)cc2)cc1. The van der Waals surface area contributed by atoms with Crippen molar-refractivity contribution in [3.63, 3.8) is 0 Å². The second-order valence-electron chi connectivity index (χ2n) is 15.4. The van der Waals surface area contributed by atoms with Gasteiger partial charge in [0.05, 0.1) is 0 Å². The number of alkyl halides is 5. The van der Waals surface area contributed by atoms with Crippen LogP contribution in [0.5, 0.6) is 0 Å². The molecule has 5 nitrogen and oxygen atoms in total. The van der Waals surface area contributed by atoms with E-state index >= 15 is 8.78 Å². The first kappa shape index (κ1) is 35.5. The summed E-state index contributed by atoms with van der Waals surface area (Å²) in [5.74, 6) is -1.03. The Labute approximate surface area is 276 Å². The number of ether oxygens (including phenoxy) is 1. The first-order valence-electron chi connectivity index (χ1n) is 15.5. The maximum absolute atomic E-state index is 15.8. The molecule has 4 fully saturated rings. The number of halogens is 6. The van der Waals surface area contributed by atoms with Gasteiger partial charge in [0.15, 0.2) is 0 Å². The van der Waals surface area contributed by atoms with Crippen LogP contribution in [-0.4, -0.2) is 31.9 Å². The average Bonchev–Trinajstić information content (AvgIpc) is 2.92.